The number of H-pyrrole nitrogens is 1. The highest BCUT2D eigenvalue weighted by Crippen LogP contribution is 2.35. The van der Waals surface area contributed by atoms with E-state index in [0.717, 1.165) is 54.0 Å². The zero-order chi connectivity index (χ0) is 22.5. The maximum absolute atomic E-state index is 6.28. The van der Waals surface area contributed by atoms with Crippen LogP contribution in [0.3, 0.4) is 0 Å². The lowest BCUT2D eigenvalue weighted by Crippen LogP contribution is -2.50. The number of morpholine rings is 1. The molecular weight excluding hydrogens is 406 g/mol. The summed E-state index contributed by atoms with van der Waals surface area (Å²) in [5.41, 5.74) is 2.73. The molecule has 1 N–H and O–H groups in total. The van der Waals surface area contributed by atoms with Gasteiger partial charge in [0.15, 0.2) is 0 Å². The van der Waals surface area contributed by atoms with Gasteiger partial charge in [-0.15, -0.1) is 0 Å². The minimum atomic E-state index is 0.114. The van der Waals surface area contributed by atoms with E-state index in [-0.39, 0.29) is 18.2 Å². The van der Waals surface area contributed by atoms with E-state index in [9.17, 15) is 0 Å². The normalized spacial score (nSPS) is 21.8. The molecule has 0 amide bonds. The van der Waals surface area contributed by atoms with Crippen LogP contribution in [0, 0.1) is 0 Å². The number of nitrogens with one attached hydrogen (secondary N) is 1. The molecule has 0 radical (unpaired) electrons. The Morgan fingerprint density at radius 2 is 1.72 bits per heavy atom. The molecule has 172 valence electrons. The monoisotopic (exact) mass is 439 g/mol. The Bertz CT molecular complexity index is 1010. The molecule has 8 heteroatoms. The number of aromatic nitrogens is 4. The van der Waals surface area contributed by atoms with Crippen molar-refractivity contribution in [2.24, 2.45) is 0 Å². The van der Waals surface area contributed by atoms with Crippen molar-refractivity contribution in [2.75, 3.05) is 31.3 Å². The number of aromatic amines is 1. The molecule has 5 rings (SSSR count). The Labute approximate surface area is 189 Å². The first-order chi connectivity index (χ1) is 15.7. The first-order valence-corrected chi connectivity index (χ1v) is 11.6. The lowest BCUT2D eigenvalue weighted by atomic mass is 10.1. The van der Waals surface area contributed by atoms with Crippen molar-refractivity contribution in [2.45, 2.75) is 58.7 Å². The summed E-state index contributed by atoms with van der Waals surface area (Å²) >= 11 is 0. The van der Waals surface area contributed by atoms with Gasteiger partial charge in [-0.1, -0.05) is 13.8 Å². The molecule has 2 fully saturated rings. The molecule has 0 spiro atoms. The van der Waals surface area contributed by atoms with Crippen molar-refractivity contribution in [1.29, 1.82) is 0 Å². The predicted octanol–water partition coefficient (Wildman–Crippen LogP) is 4.22. The highest BCUT2D eigenvalue weighted by atomic mass is 16.5. The van der Waals surface area contributed by atoms with Gasteiger partial charge in [-0.25, -0.2) is 9.97 Å². The van der Waals surface area contributed by atoms with Crippen molar-refractivity contribution in [3.8, 4) is 17.1 Å². The van der Waals surface area contributed by atoms with Gasteiger partial charge in [-0.2, -0.15) is 5.10 Å². The maximum atomic E-state index is 6.28. The largest absolute Gasteiger partial charge is 0.474 e. The third-order valence-electron chi connectivity index (χ3n) is 5.84. The summed E-state index contributed by atoms with van der Waals surface area (Å²) in [7, 11) is 0. The Balaban J connectivity index is 0.00000119. The van der Waals surface area contributed by atoms with Gasteiger partial charge in [0.1, 0.15) is 17.6 Å². The fourth-order valence-electron chi connectivity index (χ4n) is 4.35. The van der Waals surface area contributed by atoms with E-state index >= 15 is 0 Å². The predicted molar refractivity (Wildman–Crippen MR) is 125 cm³/mol. The molecule has 3 aromatic rings. The molecule has 8 nitrogen and oxygen atoms in total. The second kappa shape index (κ2) is 10.3. The highest BCUT2D eigenvalue weighted by Gasteiger charge is 2.27. The number of rotatable bonds is 4. The third kappa shape index (κ3) is 4.56. The standard InChI is InChI=1S/C22H27N5O3.C2H6/c1-14-12-29-13-15(2)27(14)19-11-16(3-7-23-19)21-20-18(25-26-21)4-8-24-22(20)30-17-5-9-28-10-6-17;1-2/h3-4,7-8,11,14-15,17H,5-6,9-10,12-13H2,1-2H3,(H,25,26);1-2H3. The zero-order valence-electron chi connectivity index (χ0n) is 19.4. The van der Waals surface area contributed by atoms with E-state index in [2.05, 4.69) is 45.0 Å². The number of hydrogen-bond acceptors (Lipinski definition) is 7. The van der Waals surface area contributed by atoms with Crippen LogP contribution in [-0.4, -0.2) is 64.8 Å². The molecule has 2 aliphatic heterocycles. The van der Waals surface area contributed by atoms with Crippen molar-refractivity contribution >= 4 is 16.7 Å². The topological polar surface area (TPSA) is 85.4 Å². The molecule has 0 aromatic carbocycles. The molecule has 2 unspecified atom stereocenters. The molecule has 0 saturated carbocycles. The van der Waals surface area contributed by atoms with Gasteiger partial charge in [-0.3, -0.25) is 5.10 Å². The summed E-state index contributed by atoms with van der Waals surface area (Å²) in [6.45, 7) is 11.2. The van der Waals surface area contributed by atoms with Gasteiger partial charge >= 0.3 is 0 Å². The Kier molecular flexibility index (Phi) is 7.22. The van der Waals surface area contributed by atoms with Crippen LogP contribution in [0.25, 0.3) is 22.2 Å². The SMILES string of the molecule is CC.CC1COCC(C)N1c1cc(-c2n[nH]c3ccnc(OC4CCOCC4)c23)ccn1. The smallest absolute Gasteiger partial charge is 0.225 e. The van der Waals surface area contributed by atoms with Gasteiger partial charge in [0.25, 0.3) is 0 Å². The molecule has 2 saturated heterocycles. The van der Waals surface area contributed by atoms with E-state index in [4.69, 9.17) is 14.2 Å². The Morgan fingerprint density at radius 1 is 1.00 bits per heavy atom. The van der Waals surface area contributed by atoms with Gasteiger partial charge in [0.2, 0.25) is 5.88 Å². The van der Waals surface area contributed by atoms with Gasteiger partial charge in [0.05, 0.1) is 49.4 Å². The number of pyridine rings is 2. The molecule has 32 heavy (non-hydrogen) atoms. The fraction of sp³-hybridized carbons (Fsp3) is 0.542. The summed E-state index contributed by atoms with van der Waals surface area (Å²) in [5.74, 6) is 1.55. The molecule has 2 atom stereocenters. The van der Waals surface area contributed by atoms with Crippen molar-refractivity contribution in [3.05, 3.63) is 30.6 Å². The van der Waals surface area contributed by atoms with Crippen LogP contribution in [-0.2, 0) is 9.47 Å². The van der Waals surface area contributed by atoms with Crippen molar-refractivity contribution in [1.82, 2.24) is 20.2 Å². The summed E-state index contributed by atoms with van der Waals surface area (Å²) in [6, 6.07) is 6.54. The minimum absolute atomic E-state index is 0.114. The van der Waals surface area contributed by atoms with Crippen LogP contribution >= 0.6 is 0 Å². The zero-order valence-corrected chi connectivity index (χ0v) is 19.4. The summed E-state index contributed by atoms with van der Waals surface area (Å²) in [6.07, 6.45) is 5.46. The molecule has 5 heterocycles. The van der Waals surface area contributed by atoms with Crippen LogP contribution in [0.15, 0.2) is 30.6 Å². The second-order valence-corrected chi connectivity index (χ2v) is 8.09. The quantitative estimate of drug-likeness (QED) is 0.651. The Morgan fingerprint density at radius 3 is 2.47 bits per heavy atom. The van der Waals surface area contributed by atoms with Gasteiger partial charge in [-0.05, 0) is 32.0 Å². The molecular formula is C24H33N5O3. The highest BCUT2D eigenvalue weighted by molar-refractivity contribution is 5.96. The van der Waals surface area contributed by atoms with Crippen LogP contribution in [0.5, 0.6) is 5.88 Å². The number of nitrogens with zero attached hydrogens (tertiary/aromatic N) is 4. The number of hydrogen-bond donors (Lipinski definition) is 1. The second-order valence-electron chi connectivity index (χ2n) is 8.09. The maximum Gasteiger partial charge on any atom is 0.225 e. The van der Waals surface area contributed by atoms with Crippen molar-refractivity contribution in [3.63, 3.8) is 0 Å². The summed E-state index contributed by atoms with van der Waals surface area (Å²) < 4.78 is 17.4. The van der Waals surface area contributed by atoms with E-state index in [1.807, 2.05) is 32.2 Å². The first-order valence-electron chi connectivity index (χ1n) is 11.6. The van der Waals surface area contributed by atoms with Crippen LogP contribution in [0.1, 0.15) is 40.5 Å². The first kappa shape index (κ1) is 22.5. The number of ether oxygens (including phenoxy) is 3. The van der Waals surface area contributed by atoms with Crippen molar-refractivity contribution < 1.29 is 14.2 Å². The number of anilines is 1. The molecule has 0 bridgehead atoms. The average Bonchev–Trinajstić information content (AvgIpc) is 3.27. The van der Waals surface area contributed by atoms with E-state index in [1.54, 1.807) is 6.20 Å². The van der Waals surface area contributed by atoms with Gasteiger partial charge in [0, 0.05) is 30.8 Å². The lowest BCUT2D eigenvalue weighted by Gasteiger charge is -2.39. The van der Waals surface area contributed by atoms with E-state index in [1.165, 1.54) is 0 Å². The summed E-state index contributed by atoms with van der Waals surface area (Å²) in [4.78, 5) is 11.5. The third-order valence-corrected chi connectivity index (χ3v) is 5.84. The lowest BCUT2D eigenvalue weighted by molar-refractivity contribution is 0.0244. The van der Waals surface area contributed by atoms with Gasteiger partial charge < -0.3 is 19.1 Å². The van der Waals surface area contributed by atoms with E-state index < -0.39 is 0 Å². The minimum Gasteiger partial charge on any atom is -0.474 e. The average molecular weight is 440 g/mol. The summed E-state index contributed by atoms with van der Waals surface area (Å²) in [5, 5.41) is 8.64. The van der Waals surface area contributed by atoms with Crippen LogP contribution in [0.4, 0.5) is 5.82 Å². The molecule has 0 aliphatic carbocycles. The molecule has 2 aliphatic rings. The van der Waals surface area contributed by atoms with Crippen LogP contribution in [0.2, 0.25) is 0 Å². The fourth-order valence-corrected chi connectivity index (χ4v) is 4.35. The van der Waals surface area contributed by atoms with E-state index in [0.29, 0.717) is 19.1 Å². The number of fused-ring (bicyclic) bond motifs is 1. The molecule has 3 aromatic heterocycles. The Hall–Kier alpha value is -2.71. The van der Waals surface area contributed by atoms with Crippen LogP contribution < -0.4 is 9.64 Å².